The van der Waals surface area contributed by atoms with E-state index in [2.05, 4.69) is 0 Å². The molecule has 1 heterocycles. The maximum Gasteiger partial charge on any atom is -0.0162 e. The fraction of sp³-hybridized carbons (Fsp3) is 1.00. The lowest BCUT2D eigenvalue weighted by Gasteiger charge is -1.62. The van der Waals surface area contributed by atoms with E-state index in [9.17, 15) is 0 Å². The average Bonchev–Trinajstić information content (AvgIpc) is 1.36. The molecule has 1 aliphatic carbocycles. The van der Waals surface area contributed by atoms with Crippen molar-refractivity contribution in [3.63, 3.8) is 0 Å². The van der Waals surface area contributed by atoms with Crippen LogP contribution in [0.25, 0.3) is 0 Å². The van der Waals surface area contributed by atoms with Gasteiger partial charge in [0, 0.05) is 0 Å². The van der Waals surface area contributed by atoms with Crippen molar-refractivity contribution in [3.05, 3.63) is 0 Å². The molecule has 0 spiro atoms. The summed E-state index contributed by atoms with van der Waals surface area (Å²) in [6, 6.07) is 0. The lowest BCUT2D eigenvalue weighted by Crippen LogP contribution is -1.39. The summed E-state index contributed by atoms with van der Waals surface area (Å²) >= 11 is 0. The maximum absolute atomic E-state index is 1.60. The second-order valence-electron chi connectivity index (χ2n) is 1.62. The first kappa shape index (κ1) is 1.77. The fourth-order valence-electron chi connectivity index (χ4n) is 0.390. The molecule has 22 valence electrons. The van der Waals surface area contributed by atoms with Crippen molar-refractivity contribution in [1.82, 2.24) is 0 Å². The van der Waals surface area contributed by atoms with E-state index < -0.39 is 0 Å². The van der Waals surface area contributed by atoms with Crippen molar-refractivity contribution in [1.29, 1.82) is 0 Å². The Labute approximate surface area is 27.4 Å². The van der Waals surface area contributed by atoms with E-state index in [1.165, 1.54) is 19.9 Å². The van der Waals surface area contributed by atoms with Gasteiger partial charge in [-0.15, -0.1) is 8.58 Å². The van der Waals surface area contributed by atoms with Gasteiger partial charge >= 0.3 is 0 Å². The number of fused-ring (bicyclic) bond motifs is 1. The molecule has 0 bridgehead atoms. The summed E-state index contributed by atoms with van der Waals surface area (Å²) in [7, 11) is 1.40. The molecule has 2 atom stereocenters. The van der Waals surface area contributed by atoms with Gasteiger partial charge in [-0.2, -0.15) is 0 Å². The fourth-order valence-corrected chi connectivity index (χ4v) is 1.17. The molecule has 2 fully saturated rings. The lowest BCUT2D eigenvalue weighted by atomic mass is 11.0. The Morgan fingerprint density at radius 3 is 1.75 bits per heavy atom. The van der Waals surface area contributed by atoms with Gasteiger partial charge in [-0.25, -0.2) is 0 Å². The van der Waals surface area contributed by atoms with Crippen LogP contribution in [-0.4, -0.2) is 11.3 Å². The molecule has 4 heavy (non-hydrogen) atoms. The van der Waals surface area contributed by atoms with Gasteiger partial charge in [0.1, 0.15) is 0 Å². The Bertz CT molecular complexity index is 39.2. The predicted octanol–water partition coefficient (Wildman–Crippen LogP) is 0.819. The van der Waals surface area contributed by atoms with Crippen LogP contribution in [0.4, 0.5) is 0 Å². The maximum atomic E-state index is 1.60. The molecule has 1 aliphatic heterocycles. The molecule has 2 unspecified atom stereocenters. The highest BCUT2D eigenvalue weighted by atomic mass is 31.1. The predicted molar refractivity (Wildman–Crippen MR) is 20.5 cm³/mol. The molecule has 0 N–H and O–H groups in total. The Kier molecular flexibility index (Phi) is 0.126. The van der Waals surface area contributed by atoms with Crippen LogP contribution in [-0.2, 0) is 0 Å². The van der Waals surface area contributed by atoms with E-state index in [0.717, 1.165) is 0 Å². The van der Waals surface area contributed by atoms with Crippen LogP contribution in [0.5, 0.6) is 0 Å². The monoisotopic (exact) mass is 72.0 g/mol. The topological polar surface area (TPSA) is 0 Å². The highest BCUT2D eigenvalue weighted by molar-refractivity contribution is 7.51. The highest BCUT2D eigenvalue weighted by Crippen LogP contribution is 2.68. The first-order valence-electron chi connectivity index (χ1n) is 1.73. The van der Waals surface area contributed by atoms with Crippen LogP contribution in [0.15, 0.2) is 0 Å². The SMILES string of the molecule is C1C2PC12. The zero-order valence-corrected chi connectivity index (χ0v) is 3.36. The van der Waals surface area contributed by atoms with Crippen molar-refractivity contribution in [3.8, 4) is 0 Å². The molecule has 2 aliphatic rings. The van der Waals surface area contributed by atoms with Crippen LogP contribution in [0.2, 0.25) is 0 Å². The molecule has 0 nitrogen and oxygen atoms in total. The zero-order valence-electron chi connectivity index (χ0n) is 2.36. The van der Waals surface area contributed by atoms with Crippen LogP contribution in [0.1, 0.15) is 6.42 Å². The zero-order chi connectivity index (χ0) is 2.57. The van der Waals surface area contributed by atoms with Crippen LogP contribution in [0.3, 0.4) is 0 Å². The first-order chi connectivity index (χ1) is 1.97. The van der Waals surface area contributed by atoms with E-state index in [1.807, 2.05) is 0 Å². The van der Waals surface area contributed by atoms with Crippen molar-refractivity contribution < 1.29 is 0 Å². The van der Waals surface area contributed by atoms with Gasteiger partial charge < -0.3 is 0 Å². The van der Waals surface area contributed by atoms with Crippen molar-refractivity contribution >= 4 is 8.58 Å². The minimum Gasteiger partial charge on any atom is -0.114 e. The van der Waals surface area contributed by atoms with Gasteiger partial charge in [-0.3, -0.25) is 0 Å². The second-order valence-corrected chi connectivity index (χ2v) is 3.43. The summed E-state index contributed by atoms with van der Waals surface area (Å²) in [6.07, 6.45) is 1.60. The van der Waals surface area contributed by atoms with Crippen LogP contribution >= 0.6 is 8.58 Å². The molecule has 2 rings (SSSR count). The molecule has 0 aromatic carbocycles. The van der Waals surface area contributed by atoms with Gasteiger partial charge in [0.2, 0.25) is 0 Å². The summed E-state index contributed by atoms with van der Waals surface area (Å²) in [5, 5.41) is 0. The van der Waals surface area contributed by atoms with E-state index >= 15 is 0 Å². The average molecular weight is 72.0 g/mol. The highest BCUT2D eigenvalue weighted by Gasteiger charge is 2.52. The summed E-state index contributed by atoms with van der Waals surface area (Å²) in [4.78, 5) is 0. The van der Waals surface area contributed by atoms with Crippen molar-refractivity contribution in [2.75, 3.05) is 0 Å². The van der Waals surface area contributed by atoms with Crippen molar-refractivity contribution in [2.24, 2.45) is 0 Å². The molecule has 1 saturated heterocycles. The Balaban J connectivity index is 2.48. The number of rotatable bonds is 0. The Morgan fingerprint density at radius 2 is 1.75 bits per heavy atom. The third-order valence-corrected chi connectivity index (χ3v) is 2.86. The third-order valence-electron chi connectivity index (χ3n) is 1.11. The second kappa shape index (κ2) is 0.285. The summed E-state index contributed by atoms with van der Waals surface area (Å²) < 4.78 is 0. The Hall–Kier alpha value is 0.430. The number of hydrogen-bond donors (Lipinski definition) is 0. The number of hydrogen-bond acceptors (Lipinski definition) is 0. The minimum absolute atomic E-state index is 1.28. The first-order valence-corrected chi connectivity index (χ1v) is 2.88. The smallest absolute Gasteiger partial charge is 0.0162 e. The molecule has 0 aromatic rings. The van der Waals surface area contributed by atoms with Crippen LogP contribution < -0.4 is 0 Å². The third kappa shape index (κ3) is 0.0699. The van der Waals surface area contributed by atoms with E-state index in [1.54, 1.807) is 6.42 Å². The Morgan fingerprint density at radius 1 is 1.50 bits per heavy atom. The van der Waals surface area contributed by atoms with E-state index in [4.69, 9.17) is 0 Å². The summed E-state index contributed by atoms with van der Waals surface area (Å²) in [6.45, 7) is 0. The van der Waals surface area contributed by atoms with Crippen molar-refractivity contribution in [2.45, 2.75) is 17.7 Å². The van der Waals surface area contributed by atoms with Gasteiger partial charge in [0.15, 0.2) is 0 Å². The molecular weight excluding hydrogens is 67.0 g/mol. The quantitative estimate of drug-likeness (QED) is 0.371. The standard InChI is InChI=1S/C3H5P/c1-2-3(1)4-2/h2-4H,1H2. The largest absolute Gasteiger partial charge is 0.114 e. The molecule has 0 amide bonds. The normalized spacial score (nSPS) is 72.0. The molecular formula is C3H5P. The summed E-state index contributed by atoms with van der Waals surface area (Å²) in [5.41, 5.74) is 2.56. The summed E-state index contributed by atoms with van der Waals surface area (Å²) in [5.74, 6) is 0. The van der Waals surface area contributed by atoms with Gasteiger partial charge in [0.05, 0.1) is 0 Å². The molecule has 1 heteroatoms. The lowest BCUT2D eigenvalue weighted by molar-refractivity contribution is 1.46. The van der Waals surface area contributed by atoms with Crippen LogP contribution in [0, 0.1) is 0 Å². The molecule has 1 saturated carbocycles. The van der Waals surface area contributed by atoms with Gasteiger partial charge in [0.25, 0.3) is 0 Å². The molecule has 0 aromatic heterocycles. The van der Waals surface area contributed by atoms with Gasteiger partial charge in [-0.05, 0) is 17.7 Å². The molecule has 0 radical (unpaired) electrons. The van der Waals surface area contributed by atoms with Gasteiger partial charge in [-0.1, -0.05) is 0 Å². The van der Waals surface area contributed by atoms with E-state index in [-0.39, 0.29) is 0 Å². The minimum atomic E-state index is 1.28. The van der Waals surface area contributed by atoms with E-state index in [0.29, 0.717) is 0 Å².